The van der Waals surface area contributed by atoms with Crippen LogP contribution in [0.15, 0.2) is 42.5 Å². The van der Waals surface area contributed by atoms with Gasteiger partial charge in [0.15, 0.2) is 0 Å². The number of alkyl halides is 3. The number of halogens is 4. The lowest BCUT2D eigenvalue weighted by molar-refractivity contribution is -0.138. The van der Waals surface area contributed by atoms with E-state index >= 15 is 0 Å². The van der Waals surface area contributed by atoms with Crippen molar-refractivity contribution < 1.29 is 22.8 Å². The molecule has 0 saturated carbocycles. The van der Waals surface area contributed by atoms with Gasteiger partial charge < -0.3 is 9.80 Å². The fourth-order valence-electron chi connectivity index (χ4n) is 3.28. The van der Waals surface area contributed by atoms with Crippen LogP contribution in [0, 0.1) is 0 Å². The summed E-state index contributed by atoms with van der Waals surface area (Å²) in [6, 6.07) is 9.71. The molecule has 4 nitrogen and oxygen atoms in total. The van der Waals surface area contributed by atoms with Gasteiger partial charge in [0.1, 0.15) is 0 Å². The highest BCUT2D eigenvalue weighted by atomic mass is 35.5. The van der Waals surface area contributed by atoms with E-state index in [2.05, 4.69) is 0 Å². The van der Waals surface area contributed by atoms with Gasteiger partial charge in [0.2, 0.25) is 5.91 Å². The molecule has 8 heteroatoms. The molecule has 2 aromatic rings. The predicted octanol–water partition coefficient (Wildman–Crippen LogP) is 4.76. The molecular weight excluding hydrogens is 393 g/mol. The molecule has 1 heterocycles. The number of hydrogen-bond acceptors (Lipinski definition) is 2. The Morgan fingerprint density at radius 3 is 2.57 bits per heavy atom. The Kier molecular flexibility index (Phi) is 5.65. The normalized spacial score (nSPS) is 14.5. The van der Waals surface area contributed by atoms with E-state index < -0.39 is 17.6 Å². The quantitative estimate of drug-likeness (QED) is 0.729. The largest absolute Gasteiger partial charge is 0.416 e. The maximum absolute atomic E-state index is 13.2. The molecule has 3 rings (SSSR count). The zero-order valence-corrected chi connectivity index (χ0v) is 15.8. The van der Waals surface area contributed by atoms with E-state index in [9.17, 15) is 22.8 Å². The summed E-state index contributed by atoms with van der Waals surface area (Å²) in [6.45, 7) is 0.255. The van der Waals surface area contributed by atoms with Crippen LogP contribution in [0.25, 0.3) is 0 Å². The van der Waals surface area contributed by atoms with Gasteiger partial charge in [0.25, 0.3) is 5.91 Å². The van der Waals surface area contributed by atoms with Crippen molar-refractivity contribution in [2.24, 2.45) is 0 Å². The molecule has 0 radical (unpaired) electrons. The third-order valence-electron chi connectivity index (χ3n) is 4.63. The Labute approximate surface area is 165 Å². The summed E-state index contributed by atoms with van der Waals surface area (Å²) in [4.78, 5) is 27.8. The number of anilines is 1. The Morgan fingerprint density at radius 2 is 1.93 bits per heavy atom. The second kappa shape index (κ2) is 7.83. The number of amides is 2. The maximum Gasteiger partial charge on any atom is 0.416 e. The van der Waals surface area contributed by atoms with Gasteiger partial charge in [-0.1, -0.05) is 29.8 Å². The van der Waals surface area contributed by atoms with E-state index in [4.69, 9.17) is 11.6 Å². The fraction of sp³-hybridized carbons (Fsp3) is 0.300. The van der Waals surface area contributed by atoms with Crippen molar-refractivity contribution in [2.75, 3.05) is 18.5 Å². The monoisotopic (exact) mass is 410 g/mol. The first-order valence-electron chi connectivity index (χ1n) is 8.69. The van der Waals surface area contributed by atoms with Gasteiger partial charge >= 0.3 is 6.18 Å². The first-order chi connectivity index (χ1) is 13.2. The molecule has 0 aromatic heterocycles. The van der Waals surface area contributed by atoms with Crippen LogP contribution in [-0.2, 0) is 17.5 Å². The Bertz CT molecular complexity index is 915. The van der Waals surface area contributed by atoms with Crippen molar-refractivity contribution >= 4 is 29.1 Å². The first-order valence-corrected chi connectivity index (χ1v) is 9.07. The zero-order chi connectivity index (χ0) is 20.5. The zero-order valence-electron chi connectivity index (χ0n) is 15.1. The summed E-state index contributed by atoms with van der Waals surface area (Å²) in [6.07, 6.45) is -3.45. The highest BCUT2D eigenvalue weighted by Gasteiger charge is 2.34. The van der Waals surface area contributed by atoms with Crippen molar-refractivity contribution in [3.05, 3.63) is 64.2 Å². The molecule has 0 bridgehead atoms. The number of carbonyl (C=O) groups is 2. The predicted molar refractivity (Wildman–Crippen MR) is 100 cm³/mol. The van der Waals surface area contributed by atoms with Crippen molar-refractivity contribution in [1.82, 2.24) is 4.90 Å². The van der Waals surface area contributed by atoms with Crippen LogP contribution in [0.1, 0.15) is 34.3 Å². The lowest BCUT2D eigenvalue weighted by Gasteiger charge is -2.24. The van der Waals surface area contributed by atoms with Crippen LogP contribution in [0.2, 0.25) is 5.02 Å². The average molecular weight is 411 g/mol. The second-order valence-electron chi connectivity index (χ2n) is 6.63. The van der Waals surface area contributed by atoms with Gasteiger partial charge in [0.05, 0.1) is 16.8 Å². The Balaban J connectivity index is 1.90. The minimum Gasteiger partial charge on any atom is -0.337 e. The molecule has 0 aliphatic carbocycles. The molecule has 2 amide bonds. The second-order valence-corrected chi connectivity index (χ2v) is 7.06. The van der Waals surface area contributed by atoms with E-state index in [-0.39, 0.29) is 23.6 Å². The van der Waals surface area contributed by atoms with E-state index in [1.165, 1.54) is 53.2 Å². The van der Waals surface area contributed by atoms with Gasteiger partial charge in [0, 0.05) is 31.6 Å². The molecule has 0 unspecified atom stereocenters. The molecule has 0 N–H and O–H groups in total. The van der Waals surface area contributed by atoms with Crippen LogP contribution in [0.5, 0.6) is 0 Å². The molecule has 1 saturated heterocycles. The Morgan fingerprint density at radius 1 is 1.21 bits per heavy atom. The molecule has 2 aromatic carbocycles. The van der Waals surface area contributed by atoms with E-state index in [1.807, 2.05) is 0 Å². The average Bonchev–Trinajstić information content (AvgIpc) is 3.06. The summed E-state index contributed by atoms with van der Waals surface area (Å²) in [5.74, 6) is -0.593. The van der Waals surface area contributed by atoms with Gasteiger partial charge in [-0.05, 0) is 36.2 Å². The molecule has 148 valence electrons. The third-order valence-corrected chi connectivity index (χ3v) is 4.87. The SMILES string of the molecule is CN(Cc1ccccc1C(F)(F)F)C(=O)c1ccc(Cl)cc1N1CCCC1=O. The summed E-state index contributed by atoms with van der Waals surface area (Å²) < 4.78 is 39.6. The van der Waals surface area contributed by atoms with Crippen molar-refractivity contribution in [3.63, 3.8) is 0 Å². The molecule has 1 aliphatic heterocycles. The molecular formula is C20H18ClF3N2O2. The molecule has 1 aliphatic rings. The number of rotatable bonds is 4. The van der Waals surface area contributed by atoms with Gasteiger partial charge in [-0.25, -0.2) is 0 Å². The van der Waals surface area contributed by atoms with Crippen LogP contribution < -0.4 is 4.90 Å². The highest BCUT2D eigenvalue weighted by molar-refractivity contribution is 6.31. The number of benzene rings is 2. The number of hydrogen-bond donors (Lipinski definition) is 0. The number of nitrogens with zero attached hydrogens (tertiary/aromatic N) is 2. The van der Waals surface area contributed by atoms with E-state index in [1.54, 1.807) is 0 Å². The van der Waals surface area contributed by atoms with Crippen LogP contribution in [0.4, 0.5) is 18.9 Å². The molecule has 0 atom stereocenters. The summed E-state index contributed by atoms with van der Waals surface area (Å²) in [7, 11) is 1.43. The van der Waals surface area contributed by atoms with Crippen LogP contribution in [0.3, 0.4) is 0 Å². The van der Waals surface area contributed by atoms with Gasteiger partial charge in [-0.15, -0.1) is 0 Å². The molecule has 28 heavy (non-hydrogen) atoms. The lowest BCUT2D eigenvalue weighted by Crippen LogP contribution is -2.31. The smallest absolute Gasteiger partial charge is 0.337 e. The summed E-state index contributed by atoms with van der Waals surface area (Å²) in [5.41, 5.74) is -0.165. The first kappa shape index (κ1) is 20.2. The molecule has 1 fully saturated rings. The van der Waals surface area contributed by atoms with Gasteiger partial charge in [-0.3, -0.25) is 9.59 Å². The topological polar surface area (TPSA) is 40.6 Å². The van der Waals surface area contributed by atoms with Crippen LogP contribution in [-0.4, -0.2) is 30.3 Å². The fourth-order valence-corrected chi connectivity index (χ4v) is 3.45. The summed E-state index contributed by atoms with van der Waals surface area (Å²) in [5, 5.41) is 0.372. The highest BCUT2D eigenvalue weighted by Crippen LogP contribution is 2.33. The van der Waals surface area contributed by atoms with Crippen molar-refractivity contribution in [1.29, 1.82) is 0 Å². The van der Waals surface area contributed by atoms with Crippen molar-refractivity contribution in [2.45, 2.75) is 25.6 Å². The third kappa shape index (κ3) is 4.14. The van der Waals surface area contributed by atoms with Crippen LogP contribution >= 0.6 is 11.6 Å². The minimum atomic E-state index is -4.51. The van der Waals surface area contributed by atoms with Gasteiger partial charge in [-0.2, -0.15) is 13.2 Å². The van der Waals surface area contributed by atoms with Crippen molar-refractivity contribution in [3.8, 4) is 0 Å². The standard InChI is InChI=1S/C20H18ClF3N2O2/c1-25(12-13-5-2-3-6-16(13)20(22,23)24)19(28)15-9-8-14(21)11-17(15)26-10-4-7-18(26)27/h2-3,5-6,8-9,11H,4,7,10,12H2,1H3. The lowest BCUT2D eigenvalue weighted by atomic mass is 10.1. The van der Waals surface area contributed by atoms with E-state index in [0.29, 0.717) is 30.1 Å². The summed E-state index contributed by atoms with van der Waals surface area (Å²) >= 11 is 6.04. The number of carbonyl (C=O) groups excluding carboxylic acids is 2. The van der Waals surface area contributed by atoms with E-state index in [0.717, 1.165) is 6.07 Å². The minimum absolute atomic E-state index is 0.00128. The Hall–Kier alpha value is -2.54. The maximum atomic E-state index is 13.2. The molecule has 0 spiro atoms.